The molecule has 0 saturated heterocycles. The van der Waals surface area contributed by atoms with Crippen molar-refractivity contribution in [3.05, 3.63) is 82.5 Å². The Kier molecular flexibility index (Phi) is 4.80. The van der Waals surface area contributed by atoms with Crippen LogP contribution in [0.15, 0.2) is 65.7 Å². The zero-order valence-corrected chi connectivity index (χ0v) is 15.7. The number of benzene rings is 2. The van der Waals surface area contributed by atoms with Crippen LogP contribution in [0.4, 0.5) is 5.95 Å². The SMILES string of the molecule is COc1ccccc1CNc1nc([C@H](C)n2cnc3ccccc32)cc(=O)[nH]1. The van der Waals surface area contributed by atoms with E-state index in [-0.39, 0.29) is 11.6 Å². The van der Waals surface area contributed by atoms with Crippen molar-refractivity contribution in [2.75, 3.05) is 12.4 Å². The Labute approximate surface area is 162 Å². The van der Waals surface area contributed by atoms with E-state index in [4.69, 9.17) is 4.74 Å². The molecule has 2 aromatic carbocycles. The van der Waals surface area contributed by atoms with E-state index in [2.05, 4.69) is 20.3 Å². The Morgan fingerprint density at radius 2 is 1.96 bits per heavy atom. The van der Waals surface area contributed by atoms with Gasteiger partial charge in [-0.1, -0.05) is 30.3 Å². The van der Waals surface area contributed by atoms with Crippen LogP contribution in [0.3, 0.4) is 0 Å². The first-order chi connectivity index (χ1) is 13.7. The summed E-state index contributed by atoms with van der Waals surface area (Å²) in [6.07, 6.45) is 1.78. The maximum atomic E-state index is 12.2. The van der Waals surface area contributed by atoms with Gasteiger partial charge in [-0.05, 0) is 25.1 Å². The minimum atomic E-state index is -0.205. The number of rotatable bonds is 6. The lowest BCUT2D eigenvalue weighted by atomic mass is 10.2. The summed E-state index contributed by atoms with van der Waals surface area (Å²) in [4.78, 5) is 24.0. The predicted molar refractivity (Wildman–Crippen MR) is 109 cm³/mol. The molecule has 1 atom stereocenters. The number of nitrogens with one attached hydrogen (secondary N) is 2. The molecule has 2 N–H and O–H groups in total. The fourth-order valence-corrected chi connectivity index (χ4v) is 3.23. The smallest absolute Gasteiger partial charge is 0.252 e. The van der Waals surface area contributed by atoms with E-state index in [9.17, 15) is 4.79 Å². The second-order valence-electron chi connectivity index (χ2n) is 6.50. The number of methoxy groups -OCH3 is 1. The molecule has 0 unspecified atom stereocenters. The van der Waals surface area contributed by atoms with Crippen LogP contribution in [0.5, 0.6) is 5.75 Å². The lowest BCUT2D eigenvalue weighted by Gasteiger charge is -2.15. The number of nitrogens with zero attached hydrogens (tertiary/aromatic N) is 3. The summed E-state index contributed by atoms with van der Waals surface area (Å²) in [5.74, 6) is 1.21. The van der Waals surface area contributed by atoms with Crippen LogP contribution in [0.2, 0.25) is 0 Å². The van der Waals surface area contributed by atoms with Crippen molar-refractivity contribution in [2.24, 2.45) is 0 Å². The molecule has 0 saturated carbocycles. The van der Waals surface area contributed by atoms with E-state index in [1.54, 1.807) is 13.4 Å². The quantitative estimate of drug-likeness (QED) is 0.540. The highest BCUT2D eigenvalue weighted by molar-refractivity contribution is 5.75. The Bertz CT molecular complexity index is 1160. The summed E-state index contributed by atoms with van der Waals surface area (Å²) in [5.41, 5.74) is 3.35. The number of imidazole rings is 1. The average molecular weight is 375 g/mol. The molecule has 0 spiro atoms. The molecule has 4 rings (SSSR count). The number of para-hydroxylation sites is 3. The largest absolute Gasteiger partial charge is 0.496 e. The summed E-state index contributed by atoms with van der Waals surface area (Å²) >= 11 is 0. The van der Waals surface area contributed by atoms with Gasteiger partial charge in [0.1, 0.15) is 5.75 Å². The monoisotopic (exact) mass is 375 g/mol. The molecule has 0 amide bonds. The zero-order chi connectivity index (χ0) is 19.5. The van der Waals surface area contributed by atoms with Crippen molar-refractivity contribution < 1.29 is 4.74 Å². The van der Waals surface area contributed by atoms with E-state index in [1.165, 1.54) is 6.07 Å². The van der Waals surface area contributed by atoms with Crippen molar-refractivity contribution in [1.82, 2.24) is 19.5 Å². The topological polar surface area (TPSA) is 84.8 Å². The van der Waals surface area contributed by atoms with Gasteiger partial charge in [-0.15, -0.1) is 0 Å². The van der Waals surface area contributed by atoms with Gasteiger partial charge in [0, 0.05) is 18.2 Å². The number of fused-ring (bicyclic) bond motifs is 1. The van der Waals surface area contributed by atoms with E-state index in [0.29, 0.717) is 18.2 Å². The van der Waals surface area contributed by atoms with Gasteiger partial charge in [-0.25, -0.2) is 9.97 Å². The van der Waals surface area contributed by atoms with Gasteiger partial charge >= 0.3 is 0 Å². The minimum absolute atomic E-state index is 0.137. The van der Waals surface area contributed by atoms with Crippen molar-refractivity contribution >= 4 is 17.0 Å². The zero-order valence-electron chi connectivity index (χ0n) is 15.7. The second kappa shape index (κ2) is 7.56. The normalized spacial score (nSPS) is 12.1. The first-order valence-corrected chi connectivity index (χ1v) is 9.04. The Morgan fingerprint density at radius 1 is 1.18 bits per heavy atom. The van der Waals surface area contributed by atoms with Crippen molar-refractivity contribution in [2.45, 2.75) is 19.5 Å². The van der Waals surface area contributed by atoms with E-state index in [0.717, 1.165) is 22.3 Å². The number of anilines is 1. The van der Waals surface area contributed by atoms with Crippen LogP contribution in [0.1, 0.15) is 24.2 Å². The fraction of sp³-hybridized carbons (Fsp3) is 0.190. The van der Waals surface area contributed by atoms with Crippen LogP contribution in [0, 0.1) is 0 Å². The number of hydrogen-bond donors (Lipinski definition) is 2. The van der Waals surface area contributed by atoms with Crippen molar-refractivity contribution in [3.63, 3.8) is 0 Å². The minimum Gasteiger partial charge on any atom is -0.496 e. The molecule has 7 heteroatoms. The third kappa shape index (κ3) is 3.46. The number of ether oxygens (including phenoxy) is 1. The van der Waals surface area contributed by atoms with Gasteiger partial charge in [-0.3, -0.25) is 9.78 Å². The summed E-state index contributed by atoms with van der Waals surface area (Å²) < 4.78 is 7.38. The first kappa shape index (κ1) is 17.8. The highest BCUT2D eigenvalue weighted by atomic mass is 16.5. The predicted octanol–water partition coefficient (Wildman–Crippen LogP) is 3.35. The Morgan fingerprint density at radius 3 is 2.82 bits per heavy atom. The summed E-state index contributed by atoms with van der Waals surface area (Å²) in [6, 6.07) is 17.0. The maximum Gasteiger partial charge on any atom is 0.252 e. The number of aromatic amines is 1. The molecule has 7 nitrogen and oxygen atoms in total. The highest BCUT2D eigenvalue weighted by Crippen LogP contribution is 2.22. The average Bonchev–Trinajstić information content (AvgIpc) is 3.15. The molecular formula is C21H21N5O2. The van der Waals surface area contributed by atoms with E-state index < -0.39 is 0 Å². The summed E-state index contributed by atoms with van der Waals surface area (Å²) in [5, 5.41) is 3.18. The van der Waals surface area contributed by atoms with Crippen LogP contribution in [-0.2, 0) is 6.54 Å². The molecular weight excluding hydrogens is 354 g/mol. The molecule has 0 bridgehead atoms. The Balaban J connectivity index is 1.61. The van der Waals surface area contributed by atoms with Crippen molar-refractivity contribution in [3.8, 4) is 5.75 Å². The van der Waals surface area contributed by atoms with Gasteiger partial charge in [0.25, 0.3) is 5.56 Å². The van der Waals surface area contributed by atoms with Crippen molar-refractivity contribution in [1.29, 1.82) is 0 Å². The third-order valence-electron chi connectivity index (χ3n) is 4.73. The maximum absolute atomic E-state index is 12.2. The number of H-pyrrole nitrogens is 1. The molecule has 0 fully saturated rings. The Hall–Kier alpha value is -3.61. The molecule has 4 aromatic rings. The molecule has 2 heterocycles. The lowest BCUT2D eigenvalue weighted by molar-refractivity contribution is 0.410. The molecule has 0 aliphatic rings. The molecule has 0 aliphatic carbocycles. The summed E-state index contributed by atoms with van der Waals surface area (Å²) in [7, 11) is 1.64. The molecule has 28 heavy (non-hydrogen) atoms. The number of aromatic nitrogens is 4. The van der Waals surface area contributed by atoms with Crippen LogP contribution in [0.25, 0.3) is 11.0 Å². The molecule has 142 valence electrons. The van der Waals surface area contributed by atoms with Crippen LogP contribution >= 0.6 is 0 Å². The standard InChI is InChI=1S/C21H21N5O2/c1-14(26-13-23-16-8-4-5-9-18(16)26)17-11-20(27)25-21(24-17)22-12-15-7-3-6-10-19(15)28-2/h3-11,13-14H,12H2,1-2H3,(H2,22,24,25,27)/t14-/m0/s1. The third-order valence-corrected chi connectivity index (χ3v) is 4.73. The van der Waals surface area contributed by atoms with Gasteiger partial charge in [0.15, 0.2) is 0 Å². The number of hydrogen-bond acceptors (Lipinski definition) is 5. The highest BCUT2D eigenvalue weighted by Gasteiger charge is 2.14. The summed E-state index contributed by atoms with van der Waals surface area (Å²) in [6.45, 7) is 2.48. The fourth-order valence-electron chi connectivity index (χ4n) is 3.23. The molecule has 0 radical (unpaired) electrons. The molecule has 0 aliphatic heterocycles. The van der Waals surface area contributed by atoms with Crippen LogP contribution in [-0.4, -0.2) is 26.6 Å². The van der Waals surface area contributed by atoms with E-state index in [1.807, 2.05) is 60.0 Å². The molecule has 2 aromatic heterocycles. The van der Waals surface area contributed by atoms with Gasteiger partial charge in [0.2, 0.25) is 5.95 Å². The van der Waals surface area contributed by atoms with Crippen LogP contribution < -0.4 is 15.6 Å². The van der Waals surface area contributed by atoms with Gasteiger partial charge in [-0.2, -0.15) is 0 Å². The second-order valence-corrected chi connectivity index (χ2v) is 6.50. The van der Waals surface area contributed by atoms with E-state index >= 15 is 0 Å². The first-order valence-electron chi connectivity index (χ1n) is 9.04. The lowest BCUT2D eigenvalue weighted by Crippen LogP contribution is -2.17. The van der Waals surface area contributed by atoms with Gasteiger partial charge < -0.3 is 14.6 Å². The van der Waals surface area contributed by atoms with Gasteiger partial charge in [0.05, 0.1) is 36.2 Å².